The second kappa shape index (κ2) is 11.0. The predicted molar refractivity (Wildman–Crippen MR) is 113 cm³/mol. The third-order valence-electron chi connectivity index (χ3n) is 3.15. The van der Waals surface area contributed by atoms with E-state index in [2.05, 4.69) is 55.6 Å². The first-order valence-corrected chi connectivity index (χ1v) is 8.94. The summed E-state index contributed by atoms with van der Waals surface area (Å²) >= 11 is 5.27. The Labute approximate surface area is 167 Å². The van der Waals surface area contributed by atoms with E-state index in [0.29, 0.717) is 0 Å². The summed E-state index contributed by atoms with van der Waals surface area (Å²) in [6, 6.07) is 8.25. The van der Waals surface area contributed by atoms with Crippen LogP contribution < -0.4 is 10.6 Å². The van der Waals surface area contributed by atoms with Gasteiger partial charge in [0.25, 0.3) is 0 Å². The van der Waals surface area contributed by atoms with Crippen molar-refractivity contribution in [2.24, 2.45) is 4.99 Å². The minimum absolute atomic E-state index is 0. The van der Waals surface area contributed by atoms with Crippen LogP contribution in [0.1, 0.15) is 22.4 Å². The average Bonchev–Trinajstić information content (AvgIpc) is 2.98. The molecule has 0 aliphatic carbocycles. The second-order valence-electron chi connectivity index (χ2n) is 4.81. The van der Waals surface area contributed by atoms with Crippen LogP contribution in [0.25, 0.3) is 0 Å². The number of guanidine groups is 1. The number of nitrogens with one attached hydrogen (secondary N) is 2. The molecule has 7 heteroatoms. The molecule has 0 aliphatic heterocycles. The monoisotopic (exact) mass is 508 g/mol. The highest BCUT2D eigenvalue weighted by atomic mass is 127. The lowest BCUT2D eigenvalue weighted by Crippen LogP contribution is -2.37. The van der Waals surface area contributed by atoms with Crippen molar-refractivity contribution in [3.05, 3.63) is 50.4 Å². The van der Waals surface area contributed by atoms with Crippen LogP contribution in [0.3, 0.4) is 0 Å². The number of aliphatic imine (C=N–C) groups is 1. The SMILES string of the molecule is CCc1cnc(CCNC(=NC)NCc2cccc(Br)c2)s1.I. The molecule has 1 aromatic carbocycles. The molecule has 4 nitrogen and oxygen atoms in total. The van der Waals surface area contributed by atoms with Gasteiger partial charge in [-0.2, -0.15) is 0 Å². The molecule has 0 atom stereocenters. The van der Waals surface area contributed by atoms with E-state index < -0.39 is 0 Å². The van der Waals surface area contributed by atoms with E-state index in [9.17, 15) is 0 Å². The molecule has 0 radical (unpaired) electrons. The molecule has 23 heavy (non-hydrogen) atoms. The Bertz CT molecular complexity index is 630. The van der Waals surface area contributed by atoms with Gasteiger partial charge in [0.15, 0.2) is 5.96 Å². The van der Waals surface area contributed by atoms with E-state index in [1.807, 2.05) is 18.3 Å². The van der Waals surface area contributed by atoms with Crippen LogP contribution >= 0.6 is 51.2 Å². The maximum atomic E-state index is 4.43. The van der Waals surface area contributed by atoms with Crippen LogP contribution in [0.4, 0.5) is 0 Å². The summed E-state index contributed by atoms with van der Waals surface area (Å²) in [6.45, 7) is 3.73. The van der Waals surface area contributed by atoms with Crippen LogP contribution in [0.15, 0.2) is 39.9 Å². The third-order valence-corrected chi connectivity index (χ3v) is 4.85. The van der Waals surface area contributed by atoms with Crippen molar-refractivity contribution in [1.29, 1.82) is 0 Å². The van der Waals surface area contributed by atoms with Crippen molar-refractivity contribution in [1.82, 2.24) is 15.6 Å². The van der Waals surface area contributed by atoms with Crippen LogP contribution in [-0.2, 0) is 19.4 Å². The molecule has 0 aliphatic rings. The highest BCUT2D eigenvalue weighted by Crippen LogP contribution is 2.13. The average molecular weight is 509 g/mol. The Morgan fingerprint density at radius 3 is 2.83 bits per heavy atom. The topological polar surface area (TPSA) is 49.3 Å². The summed E-state index contributed by atoms with van der Waals surface area (Å²) in [5.41, 5.74) is 1.21. The maximum Gasteiger partial charge on any atom is 0.191 e. The standard InChI is InChI=1S/C16H21BrN4S.HI/c1-3-14-11-20-15(22-14)7-8-19-16(18-2)21-10-12-5-4-6-13(17)9-12;/h4-6,9,11H,3,7-8,10H2,1-2H3,(H2,18,19,21);1H. The van der Waals surface area contributed by atoms with Gasteiger partial charge in [0, 0.05) is 42.1 Å². The Hall–Kier alpha value is -0.670. The fraction of sp³-hybridized carbons (Fsp3) is 0.375. The van der Waals surface area contributed by atoms with E-state index in [1.165, 1.54) is 15.4 Å². The van der Waals surface area contributed by atoms with Crippen molar-refractivity contribution in [3.8, 4) is 0 Å². The van der Waals surface area contributed by atoms with Crippen molar-refractivity contribution in [2.45, 2.75) is 26.3 Å². The van der Waals surface area contributed by atoms with Crippen molar-refractivity contribution in [3.63, 3.8) is 0 Å². The summed E-state index contributed by atoms with van der Waals surface area (Å²) in [5.74, 6) is 0.812. The third kappa shape index (κ3) is 7.17. The molecule has 1 heterocycles. The highest BCUT2D eigenvalue weighted by molar-refractivity contribution is 14.0. The number of benzene rings is 1. The zero-order chi connectivity index (χ0) is 15.8. The fourth-order valence-corrected chi connectivity index (χ4v) is 3.28. The molecular formula is C16H22BrIN4S. The van der Waals surface area contributed by atoms with Gasteiger partial charge in [-0.05, 0) is 24.1 Å². The summed E-state index contributed by atoms with van der Waals surface area (Å²) in [4.78, 5) is 10.0. The van der Waals surface area contributed by atoms with Gasteiger partial charge in [0.1, 0.15) is 0 Å². The first-order valence-electron chi connectivity index (χ1n) is 7.33. The number of aromatic nitrogens is 1. The van der Waals surface area contributed by atoms with E-state index in [-0.39, 0.29) is 24.0 Å². The molecule has 126 valence electrons. The minimum Gasteiger partial charge on any atom is -0.356 e. The smallest absolute Gasteiger partial charge is 0.191 e. The molecule has 2 N–H and O–H groups in total. The van der Waals surface area contributed by atoms with Crippen molar-refractivity contribution >= 4 is 57.2 Å². The number of aryl methyl sites for hydroxylation is 1. The van der Waals surface area contributed by atoms with Gasteiger partial charge < -0.3 is 10.6 Å². The highest BCUT2D eigenvalue weighted by Gasteiger charge is 2.02. The van der Waals surface area contributed by atoms with Crippen molar-refractivity contribution in [2.75, 3.05) is 13.6 Å². The van der Waals surface area contributed by atoms with E-state index >= 15 is 0 Å². The zero-order valence-corrected chi connectivity index (χ0v) is 18.0. The molecular weight excluding hydrogens is 487 g/mol. The Balaban J connectivity index is 0.00000264. The summed E-state index contributed by atoms with van der Waals surface area (Å²) in [5, 5.41) is 7.81. The predicted octanol–water partition coefficient (Wildman–Crippen LogP) is 3.99. The van der Waals surface area contributed by atoms with Crippen molar-refractivity contribution < 1.29 is 0 Å². The van der Waals surface area contributed by atoms with Gasteiger partial charge >= 0.3 is 0 Å². The zero-order valence-electron chi connectivity index (χ0n) is 13.3. The molecule has 2 aromatic rings. The molecule has 0 amide bonds. The van der Waals surface area contributed by atoms with E-state index in [1.54, 1.807) is 18.4 Å². The molecule has 0 saturated heterocycles. The number of rotatable bonds is 6. The molecule has 2 rings (SSSR count). The Morgan fingerprint density at radius 1 is 1.35 bits per heavy atom. The molecule has 1 aromatic heterocycles. The Morgan fingerprint density at radius 2 is 2.17 bits per heavy atom. The van der Waals surface area contributed by atoms with Crippen LogP contribution in [0, 0.1) is 0 Å². The van der Waals surface area contributed by atoms with Gasteiger partial charge in [-0.25, -0.2) is 4.98 Å². The van der Waals surface area contributed by atoms with Crippen LogP contribution in [-0.4, -0.2) is 24.5 Å². The number of thiazole rings is 1. The van der Waals surface area contributed by atoms with Gasteiger partial charge in [0.05, 0.1) is 5.01 Å². The minimum atomic E-state index is 0. The summed E-state index contributed by atoms with van der Waals surface area (Å²) in [6.07, 6.45) is 3.95. The molecule has 0 saturated carbocycles. The van der Waals surface area contributed by atoms with Gasteiger partial charge in [-0.15, -0.1) is 35.3 Å². The first-order chi connectivity index (χ1) is 10.7. The number of halogens is 2. The normalized spacial score (nSPS) is 11.0. The summed E-state index contributed by atoms with van der Waals surface area (Å²) in [7, 11) is 1.79. The van der Waals surface area contributed by atoms with Crippen LogP contribution in [0.2, 0.25) is 0 Å². The first kappa shape index (κ1) is 20.4. The maximum absolute atomic E-state index is 4.43. The lowest BCUT2D eigenvalue weighted by molar-refractivity contribution is 0.791. The molecule has 0 spiro atoms. The van der Waals surface area contributed by atoms with Gasteiger partial charge in [-0.3, -0.25) is 4.99 Å². The van der Waals surface area contributed by atoms with Gasteiger partial charge in [-0.1, -0.05) is 35.0 Å². The lowest BCUT2D eigenvalue weighted by atomic mass is 10.2. The number of hydrogen-bond donors (Lipinski definition) is 2. The Kier molecular flexibility index (Phi) is 9.73. The number of nitrogens with zero attached hydrogens (tertiary/aromatic N) is 2. The van der Waals surface area contributed by atoms with E-state index in [4.69, 9.17) is 0 Å². The lowest BCUT2D eigenvalue weighted by Gasteiger charge is -2.11. The largest absolute Gasteiger partial charge is 0.356 e. The molecule has 0 fully saturated rings. The second-order valence-corrected chi connectivity index (χ2v) is 6.92. The quantitative estimate of drug-likeness (QED) is 0.352. The molecule has 0 bridgehead atoms. The van der Waals surface area contributed by atoms with E-state index in [0.717, 1.165) is 36.4 Å². The number of hydrogen-bond acceptors (Lipinski definition) is 3. The van der Waals surface area contributed by atoms with Crippen LogP contribution in [0.5, 0.6) is 0 Å². The summed E-state index contributed by atoms with van der Waals surface area (Å²) < 4.78 is 1.09. The fourth-order valence-electron chi connectivity index (χ4n) is 1.97. The van der Waals surface area contributed by atoms with Gasteiger partial charge in [0.2, 0.25) is 0 Å². The molecule has 0 unspecified atom stereocenters.